The van der Waals surface area contributed by atoms with Crippen LogP contribution in [0.1, 0.15) is 18.9 Å². The van der Waals surface area contributed by atoms with Gasteiger partial charge in [0.05, 0.1) is 0 Å². The molecule has 2 aromatic rings. The van der Waals surface area contributed by atoms with Crippen LogP contribution in [0.4, 0.5) is 0 Å². The summed E-state index contributed by atoms with van der Waals surface area (Å²) >= 11 is 1.83. The first-order chi connectivity index (χ1) is 8.77. The van der Waals surface area contributed by atoms with E-state index >= 15 is 0 Å². The normalized spacial score (nSPS) is 11.9. The molecule has 0 aromatic heterocycles. The van der Waals surface area contributed by atoms with E-state index in [9.17, 15) is 0 Å². The summed E-state index contributed by atoms with van der Waals surface area (Å²) in [5.74, 6) is 1.24. The Balaban J connectivity index is 2.59. The molecule has 0 saturated heterocycles. The molecule has 0 heterocycles. The monoisotopic (exact) mass is 260 g/mol. The van der Waals surface area contributed by atoms with E-state index in [0.29, 0.717) is 0 Å². The van der Waals surface area contributed by atoms with Crippen LogP contribution in [0.25, 0.3) is 10.8 Å². The lowest BCUT2D eigenvalue weighted by Crippen LogP contribution is -2.13. The molecule has 0 aliphatic rings. The maximum absolute atomic E-state index is 8.82. The number of rotatable bonds is 4. The van der Waals surface area contributed by atoms with Crippen LogP contribution in [0.3, 0.4) is 0 Å². The van der Waals surface area contributed by atoms with Gasteiger partial charge in [-0.25, -0.2) is 0 Å². The van der Waals surface area contributed by atoms with Crippen molar-refractivity contribution in [3.63, 3.8) is 0 Å². The molecule has 0 aliphatic carbocycles. The van der Waals surface area contributed by atoms with Crippen LogP contribution >= 0.6 is 11.8 Å². The van der Waals surface area contributed by atoms with Crippen molar-refractivity contribution in [3.8, 4) is 0 Å². The molecule has 3 N–H and O–H groups in total. The van der Waals surface area contributed by atoms with E-state index in [2.05, 4.69) is 18.1 Å². The number of thioether (sulfide) groups is 1. The quantitative estimate of drug-likeness (QED) is 0.291. The zero-order valence-electron chi connectivity index (χ0n) is 10.3. The lowest BCUT2D eigenvalue weighted by atomic mass is 10.0. The number of amidine groups is 1. The highest BCUT2D eigenvalue weighted by atomic mass is 32.2. The van der Waals surface area contributed by atoms with E-state index in [4.69, 9.17) is 10.9 Å². The first-order valence-corrected chi connectivity index (χ1v) is 6.89. The summed E-state index contributed by atoms with van der Waals surface area (Å²) in [7, 11) is 0. The Hall–Kier alpha value is -1.68. The summed E-state index contributed by atoms with van der Waals surface area (Å²) in [6, 6.07) is 12.0. The van der Waals surface area contributed by atoms with Gasteiger partial charge in [0.2, 0.25) is 0 Å². The van der Waals surface area contributed by atoms with Crippen LogP contribution in [-0.4, -0.2) is 16.8 Å². The van der Waals surface area contributed by atoms with Gasteiger partial charge in [-0.15, -0.1) is 11.8 Å². The van der Waals surface area contributed by atoms with Crippen LogP contribution < -0.4 is 5.73 Å². The highest BCUT2D eigenvalue weighted by molar-refractivity contribution is 7.99. The van der Waals surface area contributed by atoms with Crippen LogP contribution in [0.15, 0.2) is 46.4 Å². The van der Waals surface area contributed by atoms with Gasteiger partial charge in [0.25, 0.3) is 0 Å². The van der Waals surface area contributed by atoms with Crippen LogP contribution in [-0.2, 0) is 0 Å². The molecule has 0 fully saturated rings. The Morgan fingerprint density at radius 3 is 2.61 bits per heavy atom. The molecule has 3 nitrogen and oxygen atoms in total. The summed E-state index contributed by atoms with van der Waals surface area (Å²) in [6.45, 7) is 2.17. The minimum atomic E-state index is 0.151. The zero-order valence-corrected chi connectivity index (χ0v) is 11.1. The molecule has 0 spiro atoms. The highest BCUT2D eigenvalue weighted by Gasteiger charge is 2.08. The van der Waals surface area contributed by atoms with Crippen molar-refractivity contribution < 1.29 is 5.21 Å². The number of hydrogen-bond acceptors (Lipinski definition) is 3. The van der Waals surface area contributed by atoms with E-state index in [1.54, 1.807) is 0 Å². The average molecular weight is 260 g/mol. The average Bonchev–Trinajstić information content (AvgIpc) is 2.43. The van der Waals surface area contributed by atoms with Gasteiger partial charge in [-0.3, -0.25) is 0 Å². The summed E-state index contributed by atoms with van der Waals surface area (Å²) in [6.07, 6.45) is 1.14. The summed E-state index contributed by atoms with van der Waals surface area (Å²) in [5, 5.41) is 14.1. The van der Waals surface area contributed by atoms with Gasteiger partial charge in [0.15, 0.2) is 5.84 Å². The van der Waals surface area contributed by atoms with Crippen molar-refractivity contribution >= 4 is 28.4 Å². The molecule has 94 valence electrons. The lowest BCUT2D eigenvalue weighted by Gasteiger charge is -2.09. The second-order valence-corrected chi connectivity index (χ2v) is 5.13. The molecule has 0 unspecified atom stereocenters. The maximum Gasteiger partial charge on any atom is 0.170 e. The molecule has 0 radical (unpaired) electrons. The van der Waals surface area contributed by atoms with Crippen molar-refractivity contribution in [2.75, 3.05) is 5.75 Å². The van der Waals surface area contributed by atoms with Gasteiger partial charge in [-0.1, -0.05) is 36.3 Å². The highest BCUT2D eigenvalue weighted by Crippen LogP contribution is 2.30. The fourth-order valence-corrected chi connectivity index (χ4v) is 2.81. The third-order valence-electron chi connectivity index (χ3n) is 2.73. The lowest BCUT2D eigenvalue weighted by molar-refractivity contribution is 0.318. The van der Waals surface area contributed by atoms with Gasteiger partial charge >= 0.3 is 0 Å². The third kappa shape index (κ3) is 2.43. The predicted molar refractivity (Wildman–Crippen MR) is 77.5 cm³/mol. The molecule has 0 saturated carbocycles. The first kappa shape index (κ1) is 12.8. The molecular formula is C14H16N2OS. The Morgan fingerprint density at radius 2 is 1.94 bits per heavy atom. The number of nitrogens with two attached hydrogens (primary N) is 1. The maximum atomic E-state index is 8.82. The van der Waals surface area contributed by atoms with Crippen molar-refractivity contribution in [1.82, 2.24) is 0 Å². The molecule has 4 heteroatoms. The van der Waals surface area contributed by atoms with Gasteiger partial charge in [-0.05, 0) is 35.1 Å². The van der Waals surface area contributed by atoms with Crippen molar-refractivity contribution in [2.24, 2.45) is 10.9 Å². The third-order valence-corrected chi connectivity index (χ3v) is 4.01. The van der Waals surface area contributed by atoms with Gasteiger partial charge in [-0.2, -0.15) is 0 Å². The topological polar surface area (TPSA) is 58.6 Å². The molecule has 0 atom stereocenters. The van der Waals surface area contributed by atoms with Gasteiger partial charge in [0, 0.05) is 10.5 Å². The van der Waals surface area contributed by atoms with Crippen LogP contribution in [0.5, 0.6) is 0 Å². The van der Waals surface area contributed by atoms with E-state index in [1.807, 2.05) is 42.1 Å². The fraction of sp³-hybridized carbons (Fsp3) is 0.214. The van der Waals surface area contributed by atoms with E-state index < -0.39 is 0 Å². The largest absolute Gasteiger partial charge is 0.409 e. The van der Waals surface area contributed by atoms with Gasteiger partial charge < -0.3 is 10.9 Å². The summed E-state index contributed by atoms with van der Waals surface area (Å²) in [4.78, 5) is 1.24. The van der Waals surface area contributed by atoms with E-state index in [0.717, 1.165) is 28.5 Å². The first-order valence-electron chi connectivity index (χ1n) is 5.90. The smallest absolute Gasteiger partial charge is 0.170 e. The second-order valence-electron chi connectivity index (χ2n) is 3.99. The molecule has 2 rings (SSSR count). The number of nitrogens with zero attached hydrogens (tertiary/aromatic N) is 1. The number of hydrogen-bond donors (Lipinski definition) is 2. The van der Waals surface area contributed by atoms with E-state index in [-0.39, 0.29) is 5.84 Å². The van der Waals surface area contributed by atoms with Crippen molar-refractivity contribution in [1.29, 1.82) is 0 Å². The molecular weight excluding hydrogens is 244 g/mol. The Labute approximate surface area is 111 Å². The Kier molecular flexibility index (Phi) is 4.10. The molecule has 0 amide bonds. The minimum absolute atomic E-state index is 0.151. The Morgan fingerprint density at radius 1 is 1.22 bits per heavy atom. The summed E-state index contributed by atoms with van der Waals surface area (Å²) in [5.41, 5.74) is 6.48. The predicted octanol–water partition coefficient (Wildman–Crippen LogP) is 3.44. The summed E-state index contributed by atoms with van der Waals surface area (Å²) < 4.78 is 0. The fourth-order valence-electron chi connectivity index (χ4n) is 1.89. The minimum Gasteiger partial charge on any atom is -0.409 e. The standard InChI is InChI=1S/C14H16N2OS/c1-2-9-18-13-8-7-12(14(15)16-17)10-5-3-4-6-11(10)13/h3-8,17H,2,9H2,1H3,(H2,15,16). The Bertz CT molecular complexity index is 581. The van der Waals surface area contributed by atoms with Crippen LogP contribution in [0.2, 0.25) is 0 Å². The molecule has 0 aliphatic heterocycles. The molecule has 0 bridgehead atoms. The zero-order chi connectivity index (χ0) is 13.0. The number of benzene rings is 2. The van der Waals surface area contributed by atoms with Crippen molar-refractivity contribution in [3.05, 3.63) is 42.0 Å². The van der Waals surface area contributed by atoms with Crippen LogP contribution in [0, 0.1) is 0 Å². The molecule has 18 heavy (non-hydrogen) atoms. The van der Waals surface area contributed by atoms with E-state index in [1.165, 1.54) is 4.90 Å². The van der Waals surface area contributed by atoms with Crippen molar-refractivity contribution in [2.45, 2.75) is 18.2 Å². The molecule has 2 aromatic carbocycles. The van der Waals surface area contributed by atoms with Gasteiger partial charge in [0.1, 0.15) is 0 Å². The number of fused-ring (bicyclic) bond motifs is 1. The second kappa shape index (κ2) is 5.78. The SMILES string of the molecule is CCCSc1ccc(/C(N)=N/O)c2ccccc12. The number of oxime groups is 1.